The molecule has 1 aliphatic rings. The maximum absolute atomic E-state index is 11.6. The van der Waals surface area contributed by atoms with Crippen molar-refractivity contribution in [2.45, 2.75) is 18.9 Å². The summed E-state index contributed by atoms with van der Waals surface area (Å²) in [6, 6.07) is 8.05. The predicted octanol–water partition coefficient (Wildman–Crippen LogP) is 1.64. The van der Waals surface area contributed by atoms with E-state index in [4.69, 9.17) is 11.6 Å². The van der Waals surface area contributed by atoms with Gasteiger partial charge in [0.15, 0.2) is 0 Å². The van der Waals surface area contributed by atoms with E-state index in [1.54, 1.807) is 7.05 Å². The number of halogens is 1. The van der Waals surface area contributed by atoms with Crippen molar-refractivity contribution >= 4 is 23.2 Å². The number of likely N-dealkylation sites (N-methyl/N-ethyl adjacent to an activating group) is 1. The highest BCUT2D eigenvalue weighted by Crippen LogP contribution is 2.27. The normalized spacial score (nSPS) is 19.3. The summed E-state index contributed by atoms with van der Waals surface area (Å²) in [6.45, 7) is 2.17. The van der Waals surface area contributed by atoms with Crippen LogP contribution >= 0.6 is 11.6 Å². The van der Waals surface area contributed by atoms with Gasteiger partial charge in [-0.1, -0.05) is 23.7 Å². The molecule has 2 rings (SSSR count). The zero-order valence-electron chi connectivity index (χ0n) is 11.2. The molecule has 2 N–H and O–H groups in total. The summed E-state index contributed by atoms with van der Waals surface area (Å²) in [5.41, 5.74) is 1.05. The molecule has 1 saturated heterocycles. The predicted molar refractivity (Wildman–Crippen MR) is 78.8 cm³/mol. The lowest BCUT2D eigenvalue weighted by Crippen LogP contribution is -2.49. The van der Waals surface area contributed by atoms with Gasteiger partial charge in [0.2, 0.25) is 5.91 Å². The van der Waals surface area contributed by atoms with Crippen LogP contribution in [0.5, 0.6) is 0 Å². The molecule has 1 fully saturated rings. The van der Waals surface area contributed by atoms with Gasteiger partial charge in [0.25, 0.3) is 0 Å². The van der Waals surface area contributed by atoms with Gasteiger partial charge >= 0.3 is 0 Å². The highest BCUT2D eigenvalue weighted by Gasteiger charge is 2.22. The monoisotopic (exact) mass is 281 g/mol. The Morgan fingerprint density at radius 1 is 1.47 bits per heavy atom. The Bertz CT molecular complexity index is 438. The van der Waals surface area contributed by atoms with Gasteiger partial charge in [-0.3, -0.25) is 4.79 Å². The molecule has 1 unspecified atom stereocenters. The minimum Gasteiger partial charge on any atom is -0.368 e. The summed E-state index contributed by atoms with van der Waals surface area (Å²) in [4.78, 5) is 13.8. The number of para-hydroxylation sites is 1. The lowest BCUT2D eigenvalue weighted by atomic mass is 10.0. The second kappa shape index (κ2) is 6.78. The first kappa shape index (κ1) is 14.2. The lowest BCUT2D eigenvalue weighted by Gasteiger charge is -2.35. The van der Waals surface area contributed by atoms with Crippen molar-refractivity contribution in [3.05, 3.63) is 29.3 Å². The maximum Gasteiger partial charge on any atom is 0.234 e. The number of nitrogens with one attached hydrogen (secondary N) is 2. The molecule has 1 aromatic carbocycles. The van der Waals surface area contributed by atoms with Crippen LogP contribution in [0.4, 0.5) is 5.69 Å². The smallest absolute Gasteiger partial charge is 0.234 e. The summed E-state index contributed by atoms with van der Waals surface area (Å²) in [5, 5.41) is 6.68. The van der Waals surface area contributed by atoms with Gasteiger partial charge in [0.05, 0.1) is 17.3 Å². The second-order valence-electron chi connectivity index (χ2n) is 4.83. The quantitative estimate of drug-likeness (QED) is 0.882. The van der Waals surface area contributed by atoms with Crippen molar-refractivity contribution in [2.24, 2.45) is 0 Å². The molecule has 19 heavy (non-hydrogen) atoms. The minimum absolute atomic E-state index is 0.0495. The zero-order chi connectivity index (χ0) is 13.7. The number of hydrogen-bond acceptors (Lipinski definition) is 3. The van der Waals surface area contributed by atoms with Crippen molar-refractivity contribution in [3.63, 3.8) is 0 Å². The largest absolute Gasteiger partial charge is 0.368 e. The Hall–Kier alpha value is -1.26. The van der Waals surface area contributed by atoms with E-state index in [0.717, 1.165) is 36.6 Å². The molecular weight excluding hydrogens is 262 g/mol. The number of rotatable bonds is 4. The number of hydrogen-bond donors (Lipinski definition) is 2. The van der Waals surface area contributed by atoms with Crippen molar-refractivity contribution in [1.82, 2.24) is 10.6 Å². The molecule has 1 amide bonds. The summed E-state index contributed by atoms with van der Waals surface area (Å²) in [7, 11) is 1.77. The summed E-state index contributed by atoms with van der Waals surface area (Å²) < 4.78 is 0. The standard InChI is InChI=1S/C14H20ClN3O/c1-16-9-14(19)17-11-5-4-8-18(10-11)13-7-3-2-6-12(13)15/h2-3,6-7,11,16H,4-5,8-10H2,1H3,(H,17,19). The summed E-state index contributed by atoms with van der Waals surface area (Å²) >= 11 is 6.22. The number of carbonyl (C=O) groups excluding carboxylic acids is 1. The maximum atomic E-state index is 11.6. The third kappa shape index (κ3) is 3.85. The van der Waals surface area contributed by atoms with E-state index in [-0.39, 0.29) is 11.9 Å². The molecule has 1 aliphatic heterocycles. The van der Waals surface area contributed by atoms with Gasteiger partial charge in [0, 0.05) is 19.1 Å². The van der Waals surface area contributed by atoms with Crippen LogP contribution in [-0.4, -0.2) is 38.6 Å². The van der Waals surface area contributed by atoms with E-state index in [2.05, 4.69) is 15.5 Å². The van der Waals surface area contributed by atoms with Crippen LogP contribution in [0.1, 0.15) is 12.8 Å². The molecular formula is C14H20ClN3O. The van der Waals surface area contributed by atoms with Crippen molar-refractivity contribution in [1.29, 1.82) is 0 Å². The topological polar surface area (TPSA) is 44.4 Å². The Kier molecular flexibility index (Phi) is 5.05. The fourth-order valence-corrected chi connectivity index (χ4v) is 2.72. The molecule has 0 spiro atoms. The number of nitrogens with zero attached hydrogens (tertiary/aromatic N) is 1. The lowest BCUT2D eigenvalue weighted by molar-refractivity contribution is -0.120. The van der Waals surface area contributed by atoms with Gasteiger partial charge in [-0.15, -0.1) is 0 Å². The van der Waals surface area contributed by atoms with E-state index in [0.29, 0.717) is 6.54 Å². The van der Waals surface area contributed by atoms with Gasteiger partial charge in [-0.05, 0) is 32.0 Å². The summed E-state index contributed by atoms with van der Waals surface area (Å²) in [5.74, 6) is 0.0495. The van der Waals surface area contributed by atoms with Crippen LogP contribution < -0.4 is 15.5 Å². The average Bonchev–Trinajstić information content (AvgIpc) is 2.40. The Morgan fingerprint density at radius 3 is 3.00 bits per heavy atom. The van der Waals surface area contributed by atoms with E-state index in [9.17, 15) is 4.79 Å². The molecule has 104 valence electrons. The molecule has 0 saturated carbocycles. The van der Waals surface area contributed by atoms with Crippen molar-refractivity contribution < 1.29 is 4.79 Å². The number of carbonyl (C=O) groups is 1. The Labute approximate surface area is 119 Å². The molecule has 0 aromatic heterocycles. The molecule has 1 heterocycles. The van der Waals surface area contributed by atoms with Crippen LogP contribution in [0.2, 0.25) is 5.02 Å². The molecule has 0 bridgehead atoms. The zero-order valence-corrected chi connectivity index (χ0v) is 11.9. The number of amides is 1. The molecule has 4 nitrogen and oxygen atoms in total. The first-order valence-corrected chi connectivity index (χ1v) is 7.02. The molecule has 0 aliphatic carbocycles. The number of anilines is 1. The van der Waals surface area contributed by atoms with E-state index < -0.39 is 0 Å². The van der Waals surface area contributed by atoms with Crippen molar-refractivity contribution in [2.75, 3.05) is 31.6 Å². The minimum atomic E-state index is 0.0495. The van der Waals surface area contributed by atoms with Crippen LogP contribution in [-0.2, 0) is 4.79 Å². The van der Waals surface area contributed by atoms with E-state index >= 15 is 0 Å². The SMILES string of the molecule is CNCC(=O)NC1CCCN(c2ccccc2Cl)C1. The van der Waals surface area contributed by atoms with Crippen molar-refractivity contribution in [3.8, 4) is 0 Å². The molecule has 1 atom stereocenters. The molecule has 5 heteroatoms. The molecule has 1 aromatic rings. The average molecular weight is 282 g/mol. The van der Waals surface area contributed by atoms with Crippen LogP contribution in [0.15, 0.2) is 24.3 Å². The van der Waals surface area contributed by atoms with Gasteiger partial charge in [-0.25, -0.2) is 0 Å². The van der Waals surface area contributed by atoms with Gasteiger partial charge < -0.3 is 15.5 Å². The second-order valence-corrected chi connectivity index (χ2v) is 5.24. The molecule has 0 radical (unpaired) electrons. The third-order valence-electron chi connectivity index (χ3n) is 3.32. The van der Waals surface area contributed by atoms with Gasteiger partial charge in [-0.2, -0.15) is 0 Å². The van der Waals surface area contributed by atoms with Crippen LogP contribution in [0, 0.1) is 0 Å². The number of piperidine rings is 1. The van der Waals surface area contributed by atoms with Crippen LogP contribution in [0.25, 0.3) is 0 Å². The Balaban J connectivity index is 1.97. The third-order valence-corrected chi connectivity index (χ3v) is 3.64. The first-order valence-electron chi connectivity index (χ1n) is 6.64. The fraction of sp³-hybridized carbons (Fsp3) is 0.500. The summed E-state index contributed by atoms with van der Waals surface area (Å²) in [6.07, 6.45) is 2.09. The fourth-order valence-electron chi connectivity index (χ4n) is 2.46. The number of benzene rings is 1. The first-order chi connectivity index (χ1) is 9.20. The Morgan fingerprint density at radius 2 is 2.26 bits per heavy atom. The highest BCUT2D eigenvalue weighted by atomic mass is 35.5. The highest BCUT2D eigenvalue weighted by molar-refractivity contribution is 6.33. The van der Waals surface area contributed by atoms with Crippen LogP contribution in [0.3, 0.4) is 0 Å². The van der Waals surface area contributed by atoms with Gasteiger partial charge in [0.1, 0.15) is 0 Å². The van der Waals surface area contributed by atoms with E-state index in [1.165, 1.54) is 0 Å². The van der Waals surface area contributed by atoms with E-state index in [1.807, 2.05) is 24.3 Å².